The zero-order chi connectivity index (χ0) is 21.3. The predicted octanol–water partition coefficient (Wildman–Crippen LogP) is 5.48. The Morgan fingerprint density at radius 3 is 2.20 bits per heavy atom. The second kappa shape index (κ2) is 11.0. The molecule has 3 rings (SSSR count). The number of aryl methyl sites for hydroxylation is 1. The van der Waals surface area contributed by atoms with Gasteiger partial charge < -0.3 is 9.47 Å². The second-order valence-corrected chi connectivity index (χ2v) is 8.37. The van der Waals surface area contributed by atoms with Crippen molar-refractivity contribution in [3.8, 4) is 11.5 Å². The second-order valence-electron chi connectivity index (χ2n) is 6.70. The number of carbonyl (C=O) groups excluding carboxylic acids is 1. The third kappa shape index (κ3) is 5.97. The third-order valence-corrected chi connectivity index (χ3v) is 5.90. The molecule has 1 amide bonds. The number of thioether (sulfide) groups is 1. The first-order chi connectivity index (χ1) is 14.6. The molecule has 0 atom stereocenters. The van der Waals surface area contributed by atoms with Gasteiger partial charge in [0, 0.05) is 13.0 Å². The number of amides is 1. The van der Waals surface area contributed by atoms with E-state index in [0.717, 1.165) is 29.9 Å². The molecular weight excluding hydrogens is 414 g/mol. The smallest absolute Gasteiger partial charge is 0.266 e. The maximum Gasteiger partial charge on any atom is 0.266 e. The maximum atomic E-state index is 12.4. The minimum atomic E-state index is -0.0745. The lowest BCUT2D eigenvalue weighted by Crippen LogP contribution is -2.27. The molecule has 1 heterocycles. The molecule has 0 radical (unpaired) electrons. The minimum absolute atomic E-state index is 0.0745. The van der Waals surface area contributed by atoms with Gasteiger partial charge in [-0.3, -0.25) is 9.69 Å². The van der Waals surface area contributed by atoms with E-state index in [1.165, 1.54) is 17.3 Å². The van der Waals surface area contributed by atoms with Crippen molar-refractivity contribution in [3.05, 3.63) is 77.2 Å². The zero-order valence-electron chi connectivity index (χ0n) is 17.0. The first-order valence-electron chi connectivity index (χ1n) is 9.91. The van der Waals surface area contributed by atoms with E-state index >= 15 is 0 Å². The Balaban J connectivity index is 1.44. The van der Waals surface area contributed by atoms with E-state index in [-0.39, 0.29) is 5.91 Å². The van der Waals surface area contributed by atoms with E-state index in [2.05, 4.69) is 25.6 Å². The van der Waals surface area contributed by atoms with E-state index in [1.807, 2.05) is 42.5 Å². The molecule has 1 aliphatic rings. The van der Waals surface area contributed by atoms with E-state index in [0.29, 0.717) is 29.0 Å². The molecule has 0 bridgehead atoms. The summed E-state index contributed by atoms with van der Waals surface area (Å²) in [7, 11) is 0. The molecule has 2 aromatic rings. The zero-order valence-corrected chi connectivity index (χ0v) is 18.6. The van der Waals surface area contributed by atoms with Gasteiger partial charge >= 0.3 is 0 Å². The molecule has 0 aliphatic carbocycles. The van der Waals surface area contributed by atoms with Crippen LogP contribution < -0.4 is 9.47 Å². The molecule has 0 saturated carbocycles. The fourth-order valence-electron chi connectivity index (χ4n) is 2.86. The van der Waals surface area contributed by atoms with Crippen molar-refractivity contribution in [1.29, 1.82) is 0 Å². The summed E-state index contributed by atoms with van der Waals surface area (Å²) in [6, 6.07) is 15.9. The lowest BCUT2D eigenvalue weighted by Gasteiger charge is -2.10. The number of carbonyl (C=O) groups is 1. The summed E-state index contributed by atoms with van der Waals surface area (Å²) in [6.45, 7) is 7.42. The van der Waals surface area contributed by atoms with Crippen LogP contribution in [0.2, 0.25) is 0 Å². The van der Waals surface area contributed by atoms with Gasteiger partial charge in [0.25, 0.3) is 5.91 Å². The van der Waals surface area contributed by atoms with Gasteiger partial charge in [-0.1, -0.05) is 61.2 Å². The van der Waals surface area contributed by atoms with Crippen molar-refractivity contribution in [2.75, 3.05) is 19.8 Å². The van der Waals surface area contributed by atoms with E-state index in [1.54, 1.807) is 11.0 Å². The fraction of sp³-hybridized carbons (Fsp3) is 0.250. The van der Waals surface area contributed by atoms with Gasteiger partial charge in [0.15, 0.2) is 0 Å². The Morgan fingerprint density at radius 1 is 1.03 bits per heavy atom. The molecular formula is C24H25NO3S2. The van der Waals surface area contributed by atoms with Crippen LogP contribution in [0.25, 0.3) is 6.08 Å². The van der Waals surface area contributed by atoms with Crippen molar-refractivity contribution in [2.45, 2.75) is 19.8 Å². The number of nitrogens with zero attached hydrogens (tertiary/aromatic N) is 1. The Hall–Kier alpha value is -2.57. The summed E-state index contributed by atoms with van der Waals surface area (Å²) in [5.74, 6) is 1.60. The quantitative estimate of drug-likeness (QED) is 0.212. The molecule has 1 saturated heterocycles. The van der Waals surface area contributed by atoms with E-state index < -0.39 is 0 Å². The fourth-order valence-corrected chi connectivity index (χ4v) is 4.13. The summed E-state index contributed by atoms with van der Waals surface area (Å²) in [6.07, 6.45) is 5.35. The molecule has 6 heteroatoms. The van der Waals surface area contributed by atoms with Crippen LogP contribution in [0.15, 0.2) is 66.1 Å². The summed E-state index contributed by atoms with van der Waals surface area (Å²) >= 11 is 6.57. The van der Waals surface area contributed by atoms with E-state index in [9.17, 15) is 4.79 Å². The first kappa shape index (κ1) is 22.1. The number of rotatable bonds is 10. The Morgan fingerprint density at radius 2 is 1.63 bits per heavy atom. The lowest BCUT2D eigenvalue weighted by atomic mass is 10.2. The monoisotopic (exact) mass is 439 g/mol. The standard InChI is InChI=1S/C24H25NO3S2/c1-3-14-25-23(26)22(30-24(25)29)17-19-8-12-21(13-9-19)28-16-5-15-27-20-10-6-18(4-2)7-11-20/h3,6-13,17H,1,4-5,14-16H2,2H3. The van der Waals surface area contributed by atoms with Crippen molar-refractivity contribution < 1.29 is 14.3 Å². The molecule has 0 unspecified atom stereocenters. The Kier molecular flexibility index (Phi) is 8.11. The summed E-state index contributed by atoms with van der Waals surface area (Å²) < 4.78 is 12.1. The molecule has 4 nitrogen and oxygen atoms in total. The average Bonchev–Trinajstić information content (AvgIpc) is 3.03. The summed E-state index contributed by atoms with van der Waals surface area (Å²) in [5.41, 5.74) is 2.23. The van der Waals surface area contributed by atoms with Crippen LogP contribution in [0.1, 0.15) is 24.5 Å². The summed E-state index contributed by atoms with van der Waals surface area (Å²) in [5, 5.41) is 0. The minimum Gasteiger partial charge on any atom is -0.493 e. The van der Waals surface area contributed by atoms with Crippen molar-refractivity contribution in [3.63, 3.8) is 0 Å². The van der Waals surface area contributed by atoms with Crippen LogP contribution in [0.4, 0.5) is 0 Å². The van der Waals surface area contributed by atoms with Gasteiger partial charge in [-0.2, -0.15) is 0 Å². The van der Waals surface area contributed by atoms with Crippen molar-refractivity contribution in [2.24, 2.45) is 0 Å². The highest BCUT2D eigenvalue weighted by Gasteiger charge is 2.30. The number of hydrogen-bond acceptors (Lipinski definition) is 5. The van der Waals surface area contributed by atoms with Crippen LogP contribution in [-0.4, -0.2) is 34.9 Å². The largest absolute Gasteiger partial charge is 0.493 e. The van der Waals surface area contributed by atoms with E-state index in [4.69, 9.17) is 21.7 Å². The Labute approximate surface area is 187 Å². The molecule has 0 N–H and O–H groups in total. The van der Waals surface area contributed by atoms with Crippen molar-refractivity contribution in [1.82, 2.24) is 4.90 Å². The molecule has 0 aromatic heterocycles. The molecule has 30 heavy (non-hydrogen) atoms. The molecule has 0 spiro atoms. The molecule has 2 aromatic carbocycles. The SMILES string of the molecule is C=CCN1C(=O)C(=Cc2ccc(OCCCOc3ccc(CC)cc3)cc2)SC1=S. The molecule has 1 aliphatic heterocycles. The first-order valence-corrected chi connectivity index (χ1v) is 11.1. The van der Waals surface area contributed by atoms with Gasteiger partial charge in [-0.15, -0.1) is 6.58 Å². The highest BCUT2D eigenvalue weighted by molar-refractivity contribution is 8.26. The van der Waals surface area contributed by atoms with Crippen LogP contribution in [-0.2, 0) is 11.2 Å². The van der Waals surface area contributed by atoms with Crippen LogP contribution in [0, 0.1) is 0 Å². The van der Waals surface area contributed by atoms with Gasteiger partial charge in [0.05, 0.1) is 18.1 Å². The Bertz CT molecular complexity index is 920. The van der Waals surface area contributed by atoms with Gasteiger partial charge in [-0.25, -0.2) is 0 Å². The van der Waals surface area contributed by atoms with Gasteiger partial charge in [0.2, 0.25) is 0 Å². The highest BCUT2D eigenvalue weighted by Crippen LogP contribution is 2.32. The maximum absolute atomic E-state index is 12.4. The van der Waals surface area contributed by atoms with Gasteiger partial charge in [0.1, 0.15) is 15.8 Å². The number of benzene rings is 2. The van der Waals surface area contributed by atoms with Crippen molar-refractivity contribution >= 4 is 40.3 Å². The molecule has 156 valence electrons. The van der Waals surface area contributed by atoms with Gasteiger partial charge in [-0.05, 0) is 47.9 Å². The lowest BCUT2D eigenvalue weighted by molar-refractivity contribution is -0.121. The number of thiocarbonyl (C=S) groups is 1. The summed E-state index contributed by atoms with van der Waals surface area (Å²) in [4.78, 5) is 14.6. The average molecular weight is 440 g/mol. The third-order valence-electron chi connectivity index (χ3n) is 4.52. The molecule has 1 fully saturated rings. The topological polar surface area (TPSA) is 38.8 Å². The van der Waals surface area contributed by atoms with Crippen LogP contribution >= 0.6 is 24.0 Å². The normalized spacial score (nSPS) is 15.0. The highest BCUT2D eigenvalue weighted by atomic mass is 32.2. The number of hydrogen-bond donors (Lipinski definition) is 0. The number of ether oxygens (including phenoxy) is 2. The van der Waals surface area contributed by atoms with Crippen LogP contribution in [0.5, 0.6) is 11.5 Å². The van der Waals surface area contributed by atoms with Crippen LogP contribution in [0.3, 0.4) is 0 Å². The predicted molar refractivity (Wildman–Crippen MR) is 128 cm³/mol.